The van der Waals surface area contributed by atoms with Crippen molar-refractivity contribution >= 4 is 27.9 Å². The molecule has 2 nitrogen and oxygen atoms in total. The second-order valence-electron chi connectivity index (χ2n) is 4.10. The van der Waals surface area contributed by atoms with Gasteiger partial charge in [-0.1, -0.05) is 27.9 Å². The maximum Gasteiger partial charge on any atom is 0.120 e. The van der Waals surface area contributed by atoms with Crippen molar-refractivity contribution in [1.29, 1.82) is 0 Å². The van der Waals surface area contributed by atoms with Gasteiger partial charge in [-0.3, -0.25) is 4.72 Å². The summed E-state index contributed by atoms with van der Waals surface area (Å²) < 4.78 is 10.4. The Bertz CT molecular complexity index is 354. The third-order valence-corrected chi connectivity index (χ3v) is 4.73. The molecule has 1 aromatic rings. The Balaban J connectivity index is 2.09. The van der Waals surface area contributed by atoms with Crippen LogP contribution in [-0.2, 0) is 0 Å². The zero-order chi connectivity index (χ0) is 11.5. The van der Waals surface area contributed by atoms with Crippen LogP contribution in [-0.4, -0.2) is 18.4 Å². The molecule has 0 spiro atoms. The van der Waals surface area contributed by atoms with E-state index in [4.69, 9.17) is 4.74 Å². The topological polar surface area (TPSA) is 21.3 Å². The number of hydrogen-bond donors (Lipinski definition) is 1. The number of ether oxygens (including phenoxy) is 1. The largest absolute Gasteiger partial charge is 0.489 e. The fourth-order valence-electron chi connectivity index (χ4n) is 1.78. The van der Waals surface area contributed by atoms with Crippen molar-refractivity contribution < 1.29 is 4.74 Å². The molecule has 88 valence electrons. The van der Waals surface area contributed by atoms with Crippen molar-refractivity contribution in [1.82, 2.24) is 4.72 Å². The van der Waals surface area contributed by atoms with E-state index in [1.165, 1.54) is 15.6 Å². The van der Waals surface area contributed by atoms with Crippen molar-refractivity contribution in [2.45, 2.75) is 26.4 Å². The maximum atomic E-state index is 5.98. The van der Waals surface area contributed by atoms with Crippen LogP contribution >= 0.6 is 27.9 Å². The van der Waals surface area contributed by atoms with Gasteiger partial charge in [0.15, 0.2) is 0 Å². The quantitative estimate of drug-likeness (QED) is 0.846. The van der Waals surface area contributed by atoms with E-state index < -0.39 is 0 Å². The molecule has 1 unspecified atom stereocenters. The number of hydrogen-bond acceptors (Lipinski definition) is 3. The molecule has 1 saturated heterocycles. The van der Waals surface area contributed by atoms with E-state index in [1.54, 1.807) is 11.9 Å². The van der Waals surface area contributed by atoms with E-state index in [-0.39, 0.29) is 0 Å². The summed E-state index contributed by atoms with van der Waals surface area (Å²) in [5, 5.41) is 0. The minimum absolute atomic E-state index is 0.307. The number of nitrogens with one attached hydrogen (secondary N) is 1. The predicted molar refractivity (Wildman–Crippen MR) is 73.1 cm³/mol. The summed E-state index contributed by atoms with van der Waals surface area (Å²) in [6, 6.07) is 4.19. The van der Waals surface area contributed by atoms with Crippen LogP contribution in [0.5, 0.6) is 5.75 Å². The number of rotatable bonds is 2. The van der Waals surface area contributed by atoms with E-state index in [0.717, 1.165) is 24.5 Å². The summed E-state index contributed by atoms with van der Waals surface area (Å²) in [5.41, 5.74) is 2.46. The summed E-state index contributed by atoms with van der Waals surface area (Å²) in [7, 11) is 0. The highest BCUT2D eigenvalue weighted by atomic mass is 79.9. The molecule has 1 aliphatic heterocycles. The van der Waals surface area contributed by atoms with Gasteiger partial charge in [0.05, 0.1) is 0 Å². The smallest absolute Gasteiger partial charge is 0.120 e. The van der Waals surface area contributed by atoms with Crippen LogP contribution in [0, 0.1) is 13.8 Å². The van der Waals surface area contributed by atoms with E-state index in [2.05, 4.69) is 46.6 Å². The van der Waals surface area contributed by atoms with Crippen LogP contribution < -0.4 is 9.46 Å². The lowest BCUT2D eigenvalue weighted by Crippen LogP contribution is -2.33. The third kappa shape index (κ3) is 2.93. The van der Waals surface area contributed by atoms with E-state index in [9.17, 15) is 0 Å². The molecule has 0 bridgehead atoms. The average molecular weight is 302 g/mol. The van der Waals surface area contributed by atoms with Crippen molar-refractivity contribution in [3.63, 3.8) is 0 Å². The van der Waals surface area contributed by atoms with Gasteiger partial charge in [0.25, 0.3) is 0 Å². The third-order valence-electron chi connectivity index (χ3n) is 2.67. The Kier molecular flexibility index (Phi) is 4.16. The molecule has 0 amide bonds. The fourth-order valence-corrected chi connectivity index (χ4v) is 2.84. The van der Waals surface area contributed by atoms with Gasteiger partial charge in [0.2, 0.25) is 0 Å². The van der Waals surface area contributed by atoms with Gasteiger partial charge < -0.3 is 4.74 Å². The van der Waals surface area contributed by atoms with Crippen LogP contribution in [0.3, 0.4) is 0 Å². The Labute approximate surface area is 109 Å². The van der Waals surface area contributed by atoms with Crippen LogP contribution in [0.15, 0.2) is 16.6 Å². The second kappa shape index (κ2) is 5.43. The molecular formula is C12H16BrNOS. The molecule has 0 radical (unpaired) electrons. The van der Waals surface area contributed by atoms with Crippen LogP contribution in [0.4, 0.5) is 0 Å². The molecule has 1 aliphatic rings. The second-order valence-corrected chi connectivity index (χ2v) is 5.88. The summed E-state index contributed by atoms with van der Waals surface area (Å²) in [6.45, 7) is 5.12. The molecule has 1 fully saturated rings. The predicted octanol–water partition coefficient (Wildman–Crippen LogP) is 3.45. The Hall–Kier alpha value is -0.190. The van der Waals surface area contributed by atoms with E-state index >= 15 is 0 Å². The fraction of sp³-hybridized carbons (Fsp3) is 0.500. The van der Waals surface area contributed by atoms with Crippen molar-refractivity contribution in [2.75, 3.05) is 12.3 Å². The molecule has 16 heavy (non-hydrogen) atoms. The SMILES string of the molecule is Cc1cc(OC2CCSNC2)cc(C)c1Br. The summed E-state index contributed by atoms with van der Waals surface area (Å²) in [4.78, 5) is 0. The summed E-state index contributed by atoms with van der Waals surface area (Å²) in [5.74, 6) is 2.11. The van der Waals surface area contributed by atoms with E-state index in [1.807, 2.05) is 0 Å². The van der Waals surface area contributed by atoms with Gasteiger partial charge in [-0.15, -0.1) is 0 Å². The first kappa shape index (κ1) is 12.3. The lowest BCUT2D eigenvalue weighted by atomic mass is 10.1. The number of aryl methyl sites for hydroxylation is 2. The molecule has 0 saturated carbocycles. The van der Waals surface area contributed by atoms with Gasteiger partial charge in [-0.05, 0) is 43.5 Å². The summed E-state index contributed by atoms with van der Waals surface area (Å²) in [6.07, 6.45) is 1.42. The lowest BCUT2D eigenvalue weighted by molar-refractivity contribution is 0.199. The summed E-state index contributed by atoms with van der Waals surface area (Å²) >= 11 is 5.35. The molecule has 0 aliphatic carbocycles. The van der Waals surface area contributed by atoms with Crippen molar-refractivity contribution in [3.8, 4) is 5.75 Å². The van der Waals surface area contributed by atoms with Crippen LogP contribution in [0.2, 0.25) is 0 Å². The highest BCUT2D eigenvalue weighted by Crippen LogP contribution is 2.27. The van der Waals surface area contributed by atoms with Crippen LogP contribution in [0.25, 0.3) is 0 Å². The first-order valence-electron chi connectivity index (χ1n) is 5.45. The molecule has 0 aromatic heterocycles. The zero-order valence-corrected chi connectivity index (χ0v) is 12.0. The van der Waals surface area contributed by atoms with Gasteiger partial charge in [-0.25, -0.2) is 0 Å². The molecule has 1 aromatic carbocycles. The number of benzene rings is 1. The van der Waals surface area contributed by atoms with Gasteiger partial charge >= 0.3 is 0 Å². The normalized spacial score (nSPS) is 20.8. The van der Waals surface area contributed by atoms with E-state index in [0.29, 0.717) is 6.10 Å². The molecule has 1 N–H and O–H groups in total. The maximum absolute atomic E-state index is 5.98. The minimum atomic E-state index is 0.307. The molecule has 1 heterocycles. The van der Waals surface area contributed by atoms with Gasteiger partial charge in [0, 0.05) is 16.8 Å². The Morgan fingerprint density at radius 2 is 2.06 bits per heavy atom. The van der Waals surface area contributed by atoms with Crippen molar-refractivity contribution in [3.05, 3.63) is 27.7 Å². The lowest BCUT2D eigenvalue weighted by Gasteiger charge is -2.24. The Morgan fingerprint density at radius 1 is 1.38 bits per heavy atom. The molecule has 2 rings (SSSR count). The molecule has 1 atom stereocenters. The van der Waals surface area contributed by atoms with Crippen LogP contribution in [0.1, 0.15) is 17.5 Å². The highest BCUT2D eigenvalue weighted by molar-refractivity contribution is 9.10. The molecule has 4 heteroatoms. The standard InChI is InChI=1S/C12H16BrNOS/c1-8-5-11(6-9(2)12(8)13)15-10-3-4-16-14-7-10/h5-6,10,14H,3-4,7H2,1-2H3. The molecular weight excluding hydrogens is 286 g/mol. The minimum Gasteiger partial charge on any atom is -0.489 e. The van der Waals surface area contributed by atoms with Gasteiger partial charge in [-0.2, -0.15) is 0 Å². The monoisotopic (exact) mass is 301 g/mol. The van der Waals surface area contributed by atoms with Gasteiger partial charge in [0.1, 0.15) is 11.9 Å². The first-order valence-corrected chi connectivity index (χ1v) is 7.22. The first-order chi connectivity index (χ1) is 7.66. The average Bonchev–Trinajstić information content (AvgIpc) is 2.27. The van der Waals surface area contributed by atoms with Crippen molar-refractivity contribution in [2.24, 2.45) is 0 Å². The number of halogens is 1. The Morgan fingerprint density at radius 3 is 2.62 bits per heavy atom. The highest BCUT2D eigenvalue weighted by Gasteiger charge is 2.15. The zero-order valence-electron chi connectivity index (χ0n) is 9.55.